The summed E-state index contributed by atoms with van der Waals surface area (Å²) < 4.78 is 0. The largest absolute Gasteiger partial charge is 0.335 e. The molecule has 1 fully saturated rings. The van der Waals surface area contributed by atoms with Gasteiger partial charge in [0.25, 0.3) is 0 Å². The maximum Gasteiger partial charge on any atom is 0.335 e. The van der Waals surface area contributed by atoms with Crippen LogP contribution in [-0.4, -0.2) is 46.6 Å². The molecule has 0 bridgehead atoms. The van der Waals surface area contributed by atoms with Gasteiger partial charge in [0.1, 0.15) is 6.54 Å². The number of anilines is 1. The minimum absolute atomic E-state index is 0.0855. The lowest BCUT2D eigenvalue weighted by molar-refractivity contribution is -0.143. The molecule has 0 spiro atoms. The zero-order valence-corrected chi connectivity index (χ0v) is 13.1. The summed E-state index contributed by atoms with van der Waals surface area (Å²) in [4.78, 5) is 48.8. The number of amides is 5. The third kappa shape index (κ3) is 3.40. The molecule has 0 aromatic heterocycles. The first-order valence-corrected chi connectivity index (χ1v) is 7.07. The van der Waals surface area contributed by atoms with E-state index in [4.69, 9.17) is 11.6 Å². The lowest BCUT2D eigenvalue weighted by atomic mass is 10.2. The minimum Gasteiger partial charge on any atom is -0.324 e. The van der Waals surface area contributed by atoms with E-state index in [1.54, 1.807) is 25.1 Å². The normalized spacial score (nSPS) is 14.4. The van der Waals surface area contributed by atoms with Gasteiger partial charge in [0.15, 0.2) is 0 Å². The van der Waals surface area contributed by atoms with Crippen molar-refractivity contribution in [1.29, 1.82) is 0 Å². The van der Waals surface area contributed by atoms with Crippen LogP contribution in [0.3, 0.4) is 0 Å². The lowest BCUT2D eigenvalue weighted by Crippen LogP contribution is -2.39. The minimum atomic E-state index is -1.03. The van der Waals surface area contributed by atoms with Gasteiger partial charge in [-0.25, -0.2) is 9.69 Å². The Morgan fingerprint density at radius 2 is 1.91 bits per heavy atom. The van der Waals surface area contributed by atoms with Gasteiger partial charge in [-0.1, -0.05) is 17.7 Å². The van der Waals surface area contributed by atoms with Crippen molar-refractivity contribution in [1.82, 2.24) is 9.80 Å². The van der Waals surface area contributed by atoms with E-state index in [1.165, 1.54) is 6.08 Å². The number of carbonyl (C=O) groups is 4. The Morgan fingerprint density at radius 1 is 1.26 bits per heavy atom. The number of rotatable bonds is 5. The summed E-state index contributed by atoms with van der Waals surface area (Å²) in [6.45, 7) is 4.54. The molecule has 5 amide bonds. The molecular formula is C15H14ClN3O4. The first-order chi connectivity index (χ1) is 10.8. The highest BCUT2D eigenvalue weighted by Crippen LogP contribution is 2.20. The molecule has 0 radical (unpaired) electrons. The van der Waals surface area contributed by atoms with Gasteiger partial charge >= 0.3 is 17.8 Å². The van der Waals surface area contributed by atoms with Gasteiger partial charge in [0, 0.05) is 17.3 Å². The quantitative estimate of drug-likeness (QED) is 0.502. The summed E-state index contributed by atoms with van der Waals surface area (Å²) in [5.74, 6) is -2.59. The van der Waals surface area contributed by atoms with E-state index < -0.39 is 30.3 Å². The first kappa shape index (κ1) is 16.7. The maximum absolute atomic E-state index is 12.0. The van der Waals surface area contributed by atoms with E-state index in [0.717, 1.165) is 10.5 Å². The van der Waals surface area contributed by atoms with Crippen molar-refractivity contribution in [2.45, 2.75) is 6.92 Å². The predicted octanol–water partition coefficient (Wildman–Crippen LogP) is 1.56. The second kappa shape index (κ2) is 6.62. The molecule has 1 aliphatic rings. The Bertz CT molecular complexity index is 717. The summed E-state index contributed by atoms with van der Waals surface area (Å²) in [6, 6.07) is 4.05. The smallest absolute Gasteiger partial charge is 0.324 e. The molecule has 23 heavy (non-hydrogen) atoms. The first-order valence-electron chi connectivity index (χ1n) is 6.69. The number of benzene rings is 1. The summed E-state index contributed by atoms with van der Waals surface area (Å²) >= 11 is 5.83. The second-order valence-corrected chi connectivity index (χ2v) is 5.32. The van der Waals surface area contributed by atoms with Crippen LogP contribution < -0.4 is 5.32 Å². The molecule has 1 aromatic rings. The third-order valence-electron chi connectivity index (χ3n) is 3.21. The van der Waals surface area contributed by atoms with Crippen LogP contribution in [0.5, 0.6) is 0 Å². The van der Waals surface area contributed by atoms with Gasteiger partial charge in [-0.15, -0.1) is 6.58 Å². The summed E-state index contributed by atoms with van der Waals surface area (Å²) in [5.41, 5.74) is 1.24. The van der Waals surface area contributed by atoms with Crippen LogP contribution in [-0.2, 0) is 14.4 Å². The number of nitrogens with zero attached hydrogens (tertiary/aromatic N) is 2. The molecule has 7 nitrogen and oxygen atoms in total. The average Bonchev–Trinajstić information content (AvgIpc) is 2.68. The molecule has 1 heterocycles. The fourth-order valence-corrected chi connectivity index (χ4v) is 2.31. The van der Waals surface area contributed by atoms with E-state index in [2.05, 4.69) is 11.9 Å². The molecule has 1 aliphatic heterocycles. The van der Waals surface area contributed by atoms with Gasteiger partial charge in [-0.3, -0.25) is 19.3 Å². The van der Waals surface area contributed by atoms with Crippen LogP contribution in [0.4, 0.5) is 10.5 Å². The lowest BCUT2D eigenvalue weighted by Gasteiger charge is -2.14. The number of hydrogen-bond acceptors (Lipinski definition) is 4. The molecule has 0 saturated carbocycles. The molecular weight excluding hydrogens is 322 g/mol. The van der Waals surface area contributed by atoms with E-state index in [0.29, 0.717) is 15.6 Å². The van der Waals surface area contributed by atoms with E-state index in [-0.39, 0.29) is 6.54 Å². The summed E-state index contributed by atoms with van der Waals surface area (Å²) in [6.07, 6.45) is 1.32. The van der Waals surface area contributed by atoms with Crippen molar-refractivity contribution in [3.8, 4) is 0 Å². The van der Waals surface area contributed by atoms with Crippen molar-refractivity contribution in [3.63, 3.8) is 0 Å². The fourth-order valence-electron chi connectivity index (χ4n) is 2.08. The molecule has 1 aromatic carbocycles. The molecule has 0 atom stereocenters. The second-order valence-electron chi connectivity index (χ2n) is 4.89. The van der Waals surface area contributed by atoms with E-state index in [1.807, 2.05) is 0 Å². The zero-order valence-electron chi connectivity index (χ0n) is 12.3. The van der Waals surface area contributed by atoms with Crippen molar-refractivity contribution < 1.29 is 19.2 Å². The molecule has 1 N–H and O–H groups in total. The van der Waals surface area contributed by atoms with Crippen molar-refractivity contribution in [2.24, 2.45) is 0 Å². The summed E-state index contributed by atoms with van der Waals surface area (Å²) in [7, 11) is 0. The number of imide groups is 2. The maximum atomic E-state index is 12.0. The Hall–Kier alpha value is -2.67. The standard InChI is InChI=1S/C15H14ClN3O4/c1-3-6-18-13(21)14(22)19(15(18)23)8-12(20)17-11-5-4-10(16)7-9(11)2/h3-5,7H,1,6,8H2,2H3,(H,17,20). The number of hydrogen-bond donors (Lipinski definition) is 1. The number of urea groups is 1. The fraction of sp³-hybridized carbons (Fsp3) is 0.200. The van der Waals surface area contributed by atoms with Crippen molar-refractivity contribution in [3.05, 3.63) is 41.4 Å². The highest BCUT2D eigenvalue weighted by atomic mass is 35.5. The molecule has 1 saturated heterocycles. The van der Waals surface area contributed by atoms with Crippen LogP contribution in [0.25, 0.3) is 0 Å². The average molecular weight is 336 g/mol. The number of aryl methyl sites for hydroxylation is 1. The van der Waals surface area contributed by atoms with Crippen LogP contribution in [0, 0.1) is 6.92 Å². The number of nitrogens with one attached hydrogen (secondary N) is 1. The van der Waals surface area contributed by atoms with Crippen LogP contribution in [0.15, 0.2) is 30.9 Å². The molecule has 0 aliphatic carbocycles. The van der Waals surface area contributed by atoms with Crippen LogP contribution in [0.1, 0.15) is 5.56 Å². The van der Waals surface area contributed by atoms with Crippen molar-refractivity contribution >= 4 is 41.0 Å². The highest BCUT2D eigenvalue weighted by Gasteiger charge is 2.44. The van der Waals surface area contributed by atoms with E-state index >= 15 is 0 Å². The van der Waals surface area contributed by atoms with Gasteiger partial charge in [-0.05, 0) is 30.7 Å². The Morgan fingerprint density at radius 3 is 2.52 bits per heavy atom. The Labute approximate surface area is 137 Å². The van der Waals surface area contributed by atoms with Gasteiger partial charge in [0.05, 0.1) is 0 Å². The highest BCUT2D eigenvalue weighted by molar-refractivity contribution is 6.45. The third-order valence-corrected chi connectivity index (χ3v) is 3.45. The molecule has 2 rings (SSSR count). The summed E-state index contributed by atoms with van der Waals surface area (Å²) in [5, 5.41) is 3.10. The van der Waals surface area contributed by atoms with Crippen LogP contribution >= 0.6 is 11.6 Å². The van der Waals surface area contributed by atoms with Crippen molar-refractivity contribution in [2.75, 3.05) is 18.4 Å². The zero-order chi connectivity index (χ0) is 17.1. The van der Waals surface area contributed by atoms with Gasteiger partial charge in [0.2, 0.25) is 5.91 Å². The molecule has 0 unspecified atom stereocenters. The Balaban J connectivity index is 2.08. The monoisotopic (exact) mass is 335 g/mol. The molecule has 120 valence electrons. The van der Waals surface area contributed by atoms with Gasteiger partial charge in [-0.2, -0.15) is 0 Å². The topological polar surface area (TPSA) is 86.8 Å². The van der Waals surface area contributed by atoms with Crippen LogP contribution in [0.2, 0.25) is 5.02 Å². The number of carbonyl (C=O) groups excluding carboxylic acids is 4. The number of halogens is 1. The molecule has 8 heteroatoms. The SMILES string of the molecule is C=CCN1C(=O)C(=O)N(CC(=O)Nc2ccc(Cl)cc2C)C1=O. The van der Waals surface area contributed by atoms with E-state index in [9.17, 15) is 19.2 Å². The predicted molar refractivity (Wildman–Crippen MR) is 83.8 cm³/mol. The Kier molecular flexibility index (Phi) is 4.80. The van der Waals surface area contributed by atoms with Gasteiger partial charge < -0.3 is 5.32 Å².